The van der Waals surface area contributed by atoms with Gasteiger partial charge in [-0.2, -0.15) is 18.4 Å². The van der Waals surface area contributed by atoms with E-state index in [1.54, 1.807) is 0 Å². The Bertz CT molecular complexity index is 496. The Hall–Kier alpha value is -1.06. The highest BCUT2D eigenvalue weighted by molar-refractivity contribution is 7.85. The van der Waals surface area contributed by atoms with Crippen LogP contribution in [0.2, 0.25) is 5.02 Å². The summed E-state index contributed by atoms with van der Waals surface area (Å²) in [6, 6.07) is 5.07. The van der Waals surface area contributed by atoms with E-state index in [1.165, 1.54) is 6.07 Å². The third kappa shape index (κ3) is 4.00. The Morgan fingerprint density at radius 3 is 2.61 bits per heavy atom. The van der Waals surface area contributed by atoms with Gasteiger partial charge in [-0.15, -0.1) is 0 Å². The smallest absolute Gasteiger partial charge is 0.254 e. The number of alkyl halides is 3. The largest absolute Gasteiger partial charge is 0.417 e. The van der Waals surface area contributed by atoms with Crippen LogP contribution in [-0.2, 0) is 17.0 Å². The van der Waals surface area contributed by atoms with Crippen LogP contribution in [0.4, 0.5) is 13.2 Å². The van der Waals surface area contributed by atoms with Crippen LogP contribution in [0.1, 0.15) is 18.4 Å². The van der Waals surface area contributed by atoms with Crippen molar-refractivity contribution in [3.8, 4) is 6.07 Å². The van der Waals surface area contributed by atoms with Crippen molar-refractivity contribution in [2.24, 2.45) is 0 Å². The first-order valence-corrected chi connectivity index (χ1v) is 6.68. The monoisotopic (exact) mass is 295 g/mol. The van der Waals surface area contributed by atoms with Gasteiger partial charge in [0, 0.05) is 17.1 Å². The highest BCUT2D eigenvalue weighted by Crippen LogP contribution is 2.35. The van der Waals surface area contributed by atoms with Crippen molar-refractivity contribution in [1.82, 2.24) is 0 Å². The molecule has 18 heavy (non-hydrogen) atoms. The first-order valence-electron chi connectivity index (χ1n) is 4.98. The van der Waals surface area contributed by atoms with Crippen molar-refractivity contribution in [1.29, 1.82) is 5.26 Å². The van der Waals surface area contributed by atoms with Crippen LogP contribution in [0, 0.1) is 11.3 Å². The third-order valence-corrected chi connectivity index (χ3v) is 3.89. The molecule has 0 saturated heterocycles. The molecule has 1 atom stereocenters. The molecule has 0 aliphatic heterocycles. The third-order valence-electron chi connectivity index (χ3n) is 2.12. The summed E-state index contributed by atoms with van der Waals surface area (Å²) in [6.45, 7) is 0. The second-order valence-electron chi connectivity index (χ2n) is 3.45. The number of hydrogen-bond donors (Lipinski definition) is 0. The molecule has 0 spiro atoms. The quantitative estimate of drug-likeness (QED) is 0.793. The van der Waals surface area contributed by atoms with E-state index in [1.807, 2.05) is 6.07 Å². The summed E-state index contributed by atoms with van der Waals surface area (Å²) in [5.74, 6) is 0.159. The summed E-state index contributed by atoms with van der Waals surface area (Å²) in [5, 5.41) is 7.91. The molecule has 0 fully saturated rings. The zero-order chi connectivity index (χ0) is 13.8. The average Bonchev–Trinajstić information content (AvgIpc) is 2.28. The molecule has 0 aromatic heterocycles. The fourth-order valence-electron chi connectivity index (χ4n) is 1.26. The molecule has 1 aromatic carbocycles. The van der Waals surface area contributed by atoms with E-state index < -0.39 is 27.6 Å². The van der Waals surface area contributed by atoms with Crippen molar-refractivity contribution in [2.45, 2.75) is 23.9 Å². The summed E-state index contributed by atoms with van der Waals surface area (Å²) in [5.41, 5.74) is -0.990. The molecule has 0 aliphatic carbocycles. The molecule has 1 aromatic rings. The zero-order valence-electron chi connectivity index (χ0n) is 9.13. The summed E-state index contributed by atoms with van der Waals surface area (Å²) in [4.78, 5) is 0.0738. The van der Waals surface area contributed by atoms with Gasteiger partial charge < -0.3 is 0 Å². The number of unbranched alkanes of at least 4 members (excludes halogenated alkanes) is 1. The number of nitrogens with zero attached hydrogens (tertiary/aromatic N) is 1. The van der Waals surface area contributed by atoms with E-state index in [2.05, 4.69) is 0 Å². The van der Waals surface area contributed by atoms with Gasteiger partial charge in [-0.3, -0.25) is 4.21 Å². The molecular formula is C11H9ClF3NOS. The maximum Gasteiger partial charge on any atom is 0.417 e. The Labute approximate surface area is 110 Å². The van der Waals surface area contributed by atoms with Crippen LogP contribution in [0.3, 0.4) is 0 Å². The number of benzene rings is 1. The molecule has 0 saturated carbocycles. The predicted molar refractivity (Wildman–Crippen MR) is 62.6 cm³/mol. The summed E-state index contributed by atoms with van der Waals surface area (Å²) >= 11 is 5.45. The molecule has 0 N–H and O–H groups in total. The lowest BCUT2D eigenvalue weighted by molar-refractivity contribution is -0.137. The van der Waals surface area contributed by atoms with Gasteiger partial charge >= 0.3 is 6.18 Å². The van der Waals surface area contributed by atoms with Gasteiger partial charge in [0.2, 0.25) is 0 Å². The number of nitriles is 1. The molecule has 2 nitrogen and oxygen atoms in total. The fourth-order valence-corrected chi connectivity index (χ4v) is 2.60. The molecule has 0 radical (unpaired) electrons. The Kier molecular flexibility index (Phi) is 5.17. The minimum Gasteiger partial charge on any atom is -0.254 e. The van der Waals surface area contributed by atoms with Gasteiger partial charge in [-0.1, -0.05) is 11.6 Å². The highest BCUT2D eigenvalue weighted by Gasteiger charge is 2.33. The van der Waals surface area contributed by atoms with Gasteiger partial charge in [0.25, 0.3) is 0 Å². The van der Waals surface area contributed by atoms with Crippen LogP contribution < -0.4 is 0 Å². The van der Waals surface area contributed by atoms with Crippen LogP contribution in [0.5, 0.6) is 0 Å². The first-order chi connectivity index (χ1) is 8.36. The summed E-state index contributed by atoms with van der Waals surface area (Å²) in [7, 11) is -1.55. The maximum absolute atomic E-state index is 12.6. The van der Waals surface area contributed by atoms with E-state index in [9.17, 15) is 17.4 Å². The van der Waals surface area contributed by atoms with Crippen molar-refractivity contribution in [3.05, 3.63) is 28.8 Å². The van der Waals surface area contributed by atoms with Gasteiger partial charge in [-0.25, -0.2) is 0 Å². The van der Waals surface area contributed by atoms with Gasteiger partial charge in [0.15, 0.2) is 0 Å². The van der Waals surface area contributed by atoms with Crippen molar-refractivity contribution < 1.29 is 17.4 Å². The van der Waals surface area contributed by atoms with Crippen LogP contribution in [0.15, 0.2) is 23.1 Å². The SMILES string of the molecule is N#CCCC[S@](=O)c1ccc(Cl)c(C(F)(F)F)c1. The molecule has 98 valence electrons. The van der Waals surface area contributed by atoms with Crippen LogP contribution in [-0.4, -0.2) is 9.96 Å². The van der Waals surface area contributed by atoms with E-state index in [4.69, 9.17) is 16.9 Å². The molecule has 1 rings (SSSR count). The molecule has 7 heteroatoms. The average molecular weight is 296 g/mol. The van der Waals surface area contributed by atoms with Crippen LogP contribution in [0.25, 0.3) is 0 Å². The van der Waals surface area contributed by atoms with Gasteiger partial charge in [-0.05, 0) is 24.6 Å². The highest BCUT2D eigenvalue weighted by atomic mass is 35.5. The normalized spacial score (nSPS) is 13.1. The molecule has 0 amide bonds. The Morgan fingerprint density at radius 2 is 2.06 bits per heavy atom. The fraction of sp³-hybridized carbons (Fsp3) is 0.364. The second-order valence-corrected chi connectivity index (χ2v) is 5.43. The van der Waals surface area contributed by atoms with E-state index in [0.29, 0.717) is 6.42 Å². The van der Waals surface area contributed by atoms with Gasteiger partial charge in [0.1, 0.15) is 0 Å². The standard InChI is InChI=1S/C11H9ClF3NOS/c12-10-4-3-8(7-9(10)11(13,14)15)18(17)6-2-1-5-16/h3-4,7H,1-2,6H2/t18-/m0/s1. The molecule has 0 unspecified atom stereocenters. The lowest BCUT2D eigenvalue weighted by Gasteiger charge is -2.10. The van der Waals surface area contributed by atoms with Crippen molar-refractivity contribution in [2.75, 3.05) is 5.75 Å². The van der Waals surface area contributed by atoms with E-state index in [0.717, 1.165) is 12.1 Å². The zero-order valence-corrected chi connectivity index (χ0v) is 10.7. The molecule has 0 bridgehead atoms. The molecule has 0 aliphatic rings. The Balaban J connectivity index is 2.92. The van der Waals surface area contributed by atoms with E-state index >= 15 is 0 Å². The van der Waals surface area contributed by atoms with Crippen molar-refractivity contribution in [3.63, 3.8) is 0 Å². The Morgan fingerprint density at radius 1 is 1.39 bits per heavy atom. The lowest BCUT2D eigenvalue weighted by atomic mass is 10.2. The topological polar surface area (TPSA) is 40.9 Å². The predicted octanol–water partition coefficient (Wildman–Crippen LogP) is 3.77. The van der Waals surface area contributed by atoms with Crippen LogP contribution >= 0.6 is 11.6 Å². The minimum absolute atomic E-state index is 0.0738. The molecule has 0 heterocycles. The van der Waals surface area contributed by atoms with Gasteiger partial charge in [0.05, 0.1) is 27.5 Å². The minimum atomic E-state index is -4.57. The number of halogens is 4. The van der Waals surface area contributed by atoms with Crippen molar-refractivity contribution >= 4 is 22.4 Å². The first kappa shape index (κ1) is 15.0. The summed E-state index contributed by atoms with van der Waals surface area (Å²) in [6.07, 6.45) is -3.96. The number of hydrogen-bond acceptors (Lipinski definition) is 2. The molecular weight excluding hydrogens is 287 g/mol. The number of rotatable bonds is 4. The second kappa shape index (κ2) is 6.21. The summed E-state index contributed by atoms with van der Waals surface area (Å²) < 4.78 is 49.4. The maximum atomic E-state index is 12.6. The lowest BCUT2D eigenvalue weighted by Crippen LogP contribution is -2.07. The van der Waals surface area contributed by atoms with E-state index in [-0.39, 0.29) is 17.1 Å².